The third-order valence-electron chi connectivity index (χ3n) is 3.96. The van der Waals surface area contributed by atoms with Gasteiger partial charge in [-0.15, -0.1) is 11.3 Å². The maximum Gasteiger partial charge on any atom is 0.176 e. The Morgan fingerprint density at radius 1 is 1.40 bits per heavy atom. The molecule has 0 aliphatic heterocycles. The maximum atomic E-state index is 12.2. The lowest BCUT2D eigenvalue weighted by molar-refractivity contribution is 0.0955. The Morgan fingerprint density at radius 2 is 2.13 bits per heavy atom. The van der Waals surface area contributed by atoms with Crippen LogP contribution in [-0.4, -0.2) is 5.78 Å². The van der Waals surface area contributed by atoms with Crippen LogP contribution in [0, 0.1) is 17.8 Å². The van der Waals surface area contributed by atoms with E-state index in [0.717, 1.165) is 23.1 Å². The lowest BCUT2D eigenvalue weighted by Gasteiger charge is -1.99. The smallest absolute Gasteiger partial charge is 0.176 e. The highest BCUT2D eigenvalue weighted by Crippen LogP contribution is 2.58. The van der Waals surface area contributed by atoms with Crippen molar-refractivity contribution in [2.24, 2.45) is 17.8 Å². The van der Waals surface area contributed by atoms with Crippen LogP contribution in [0.1, 0.15) is 40.7 Å². The largest absolute Gasteiger partial charge is 0.293 e. The molecule has 1 aromatic rings. The van der Waals surface area contributed by atoms with Gasteiger partial charge in [0.2, 0.25) is 0 Å². The minimum Gasteiger partial charge on any atom is -0.293 e. The van der Waals surface area contributed by atoms with Crippen LogP contribution in [0.2, 0.25) is 0 Å². The van der Waals surface area contributed by atoms with Gasteiger partial charge in [0.15, 0.2) is 5.78 Å². The number of aryl methyl sites for hydroxylation is 1. The fraction of sp³-hybridized carbons (Fsp3) is 0.615. The number of carbonyl (C=O) groups is 1. The summed E-state index contributed by atoms with van der Waals surface area (Å²) in [5.74, 6) is 2.35. The second-order valence-corrected chi connectivity index (χ2v) is 5.94. The van der Waals surface area contributed by atoms with Crippen LogP contribution in [0.5, 0.6) is 0 Å². The van der Waals surface area contributed by atoms with Gasteiger partial charge in [-0.25, -0.2) is 0 Å². The first-order valence-corrected chi connectivity index (χ1v) is 6.76. The summed E-state index contributed by atoms with van der Waals surface area (Å²) in [5.41, 5.74) is 0. The van der Waals surface area contributed by atoms with Crippen molar-refractivity contribution in [2.75, 3.05) is 0 Å². The Hall–Kier alpha value is -0.630. The fourth-order valence-corrected chi connectivity index (χ4v) is 4.01. The number of Topliss-reactive ketones (excluding diaryl/α,β-unsaturated/α-hetero) is 1. The summed E-state index contributed by atoms with van der Waals surface area (Å²) in [7, 11) is 0. The predicted octanol–water partition coefficient (Wildman–Crippen LogP) is 3.54. The van der Waals surface area contributed by atoms with Crippen molar-refractivity contribution in [3.05, 3.63) is 21.9 Å². The molecule has 1 heterocycles. The molecular weight excluding hydrogens is 204 g/mol. The zero-order valence-corrected chi connectivity index (χ0v) is 9.85. The van der Waals surface area contributed by atoms with Gasteiger partial charge in [0.25, 0.3) is 0 Å². The fourth-order valence-electron chi connectivity index (χ4n) is 3.08. The van der Waals surface area contributed by atoms with E-state index in [2.05, 4.69) is 13.0 Å². The van der Waals surface area contributed by atoms with Crippen molar-refractivity contribution < 1.29 is 4.79 Å². The highest BCUT2D eigenvalue weighted by atomic mass is 32.1. The van der Waals surface area contributed by atoms with E-state index in [1.54, 1.807) is 11.3 Å². The third kappa shape index (κ3) is 1.46. The summed E-state index contributed by atoms with van der Waals surface area (Å²) in [4.78, 5) is 14.5. The second kappa shape index (κ2) is 3.44. The average Bonchev–Trinajstić information content (AvgIpc) is 2.73. The van der Waals surface area contributed by atoms with Crippen molar-refractivity contribution in [1.29, 1.82) is 0 Å². The van der Waals surface area contributed by atoms with E-state index in [1.807, 2.05) is 6.07 Å². The van der Waals surface area contributed by atoms with Crippen molar-refractivity contribution in [3.63, 3.8) is 0 Å². The van der Waals surface area contributed by atoms with Crippen molar-refractivity contribution in [1.82, 2.24) is 0 Å². The van der Waals surface area contributed by atoms with Gasteiger partial charge < -0.3 is 0 Å². The van der Waals surface area contributed by atoms with Crippen LogP contribution in [0.25, 0.3) is 0 Å². The van der Waals surface area contributed by atoms with E-state index >= 15 is 0 Å². The molecule has 2 aliphatic carbocycles. The Kier molecular flexibility index (Phi) is 2.20. The normalized spacial score (nSPS) is 32.7. The summed E-state index contributed by atoms with van der Waals surface area (Å²) in [5, 5.41) is 0. The summed E-state index contributed by atoms with van der Waals surface area (Å²) in [6, 6.07) is 4.13. The van der Waals surface area contributed by atoms with Gasteiger partial charge in [0.05, 0.1) is 4.88 Å². The molecule has 0 aromatic carbocycles. The van der Waals surface area contributed by atoms with Crippen molar-refractivity contribution >= 4 is 17.1 Å². The van der Waals surface area contributed by atoms with E-state index in [4.69, 9.17) is 0 Å². The molecule has 0 saturated heterocycles. The first kappa shape index (κ1) is 9.59. The van der Waals surface area contributed by atoms with E-state index in [0.29, 0.717) is 11.7 Å². The number of hydrogen-bond acceptors (Lipinski definition) is 2. The first-order chi connectivity index (χ1) is 7.31. The van der Waals surface area contributed by atoms with Gasteiger partial charge in [0, 0.05) is 10.8 Å². The van der Waals surface area contributed by atoms with Gasteiger partial charge in [-0.1, -0.05) is 13.3 Å². The number of carbonyl (C=O) groups excluding carboxylic acids is 1. The number of hydrogen-bond donors (Lipinski definition) is 0. The summed E-state index contributed by atoms with van der Waals surface area (Å²) in [6.07, 6.45) is 5.00. The Morgan fingerprint density at radius 3 is 2.73 bits per heavy atom. The molecule has 2 heteroatoms. The maximum absolute atomic E-state index is 12.2. The van der Waals surface area contributed by atoms with E-state index in [1.165, 1.54) is 24.1 Å². The first-order valence-electron chi connectivity index (χ1n) is 5.94. The van der Waals surface area contributed by atoms with Gasteiger partial charge >= 0.3 is 0 Å². The van der Waals surface area contributed by atoms with Crippen molar-refractivity contribution in [2.45, 2.75) is 32.6 Å². The van der Waals surface area contributed by atoms with Crippen LogP contribution < -0.4 is 0 Å². The summed E-state index contributed by atoms with van der Waals surface area (Å²) < 4.78 is 0. The molecule has 3 rings (SSSR count). The molecular formula is C13H16OS. The highest BCUT2D eigenvalue weighted by Gasteiger charge is 2.56. The number of ketones is 1. The molecule has 2 saturated carbocycles. The predicted molar refractivity (Wildman–Crippen MR) is 62.3 cm³/mol. The third-order valence-corrected chi connectivity index (χ3v) is 5.21. The second-order valence-electron chi connectivity index (χ2n) is 4.77. The van der Waals surface area contributed by atoms with Crippen LogP contribution in [0.15, 0.2) is 12.1 Å². The zero-order chi connectivity index (χ0) is 10.4. The number of rotatable bonds is 3. The molecule has 1 nitrogen and oxygen atoms in total. The minimum atomic E-state index is 0.405. The minimum absolute atomic E-state index is 0.405. The Balaban J connectivity index is 1.75. The lowest BCUT2D eigenvalue weighted by Crippen LogP contribution is -2.03. The zero-order valence-electron chi connectivity index (χ0n) is 9.03. The SMILES string of the molecule is CCc1ccc(C(=O)C2C3CCCC32)s1. The highest BCUT2D eigenvalue weighted by molar-refractivity contribution is 7.14. The summed E-state index contributed by atoms with van der Waals surface area (Å²) in [6.45, 7) is 2.14. The van der Waals surface area contributed by atoms with E-state index < -0.39 is 0 Å². The molecule has 0 bridgehead atoms. The topological polar surface area (TPSA) is 17.1 Å². The molecule has 2 fully saturated rings. The monoisotopic (exact) mass is 220 g/mol. The Bertz CT molecular complexity index is 383. The van der Waals surface area contributed by atoms with Gasteiger partial charge in [-0.05, 0) is 43.2 Å². The number of thiophene rings is 1. The van der Waals surface area contributed by atoms with Gasteiger partial charge in [0.1, 0.15) is 0 Å². The van der Waals surface area contributed by atoms with Gasteiger partial charge in [-0.3, -0.25) is 4.79 Å². The van der Waals surface area contributed by atoms with Crippen LogP contribution in [-0.2, 0) is 6.42 Å². The molecule has 0 amide bonds. The molecule has 2 aliphatic rings. The van der Waals surface area contributed by atoms with Gasteiger partial charge in [-0.2, -0.15) is 0 Å². The quantitative estimate of drug-likeness (QED) is 0.712. The molecule has 0 radical (unpaired) electrons. The summed E-state index contributed by atoms with van der Waals surface area (Å²) >= 11 is 1.70. The average molecular weight is 220 g/mol. The van der Waals surface area contributed by atoms with Crippen molar-refractivity contribution in [3.8, 4) is 0 Å². The molecule has 15 heavy (non-hydrogen) atoms. The van der Waals surface area contributed by atoms with Crippen LogP contribution >= 0.6 is 11.3 Å². The molecule has 2 unspecified atom stereocenters. The van der Waals surface area contributed by atoms with Crippen LogP contribution in [0.4, 0.5) is 0 Å². The molecule has 0 spiro atoms. The molecule has 1 aromatic heterocycles. The lowest BCUT2D eigenvalue weighted by atomic mass is 10.1. The van der Waals surface area contributed by atoms with Crippen LogP contribution in [0.3, 0.4) is 0 Å². The molecule has 2 atom stereocenters. The molecule has 0 N–H and O–H groups in total. The standard InChI is InChI=1S/C13H16OS/c1-2-8-6-7-11(15-8)13(14)12-9-4-3-5-10(9)12/h6-7,9-10,12H,2-5H2,1H3. The molecule has 80 valence electrons. The van der Waals surface area contributed by atoms with E-state index in [9.17, 15) is 4.79 Å². The van der Waals surface area contributed by atoms with E-state index in [-0.39, 0.29) is 0 Å². The number of fused-ring (bicyclic) bond motifs is 1. The Labute approximate surface area is 94.5 Å².